The van der Waals surface area contributed by atoms with Crippen molar-refractivity contribution in [1.29, 1.82) is 0 Å². The summed E-state index contributed by atoms with van der Waals surface area (Å²) in [6.45, 7) is 8.35. The van der Waals surface area contributed by atoms with E-state index in [1.165, 1.54) is 25.0 Å². The first-order chi connectivity index (χ1) is 16.0. The van der Waals surface area contributed by atoms with E-state index in [1.807, 2.05) is 26.0 Å². The number of nitrogens with zero attached hydrogens (tertiary/aromatic N) is 4. The first kappa shape index (κ1) is 22.9. The maximum atomic E-state index is 13.2. The van der Waals surface area contributed by atoms with Crippen molar-refractivity contribution in [3.63, 3.8) is 0 Å². The fourth-order valence-corrected chi connectivity index (χ4v) is 5.12. The van der Waals surface area contributed by atoms with Crippen LogP contribution in [0.2, 0.25) is 0 Å². The normalized spacial score (nSPS) is 22.4. The molecule has 1 saturated carbocycles. The molecule has 0 unspecified atom stereocenters. The summed E-state index contributed by atoms with van der Waals surface area (Å²) in [5.41, 5.74) is 0.688. The van der Waals surface area contributed by atoms with Gasteiger partial charge in [-0.1, -0.05) is 19.9 Å². The van der Waals surface area contributed by atoms with E-state index in [-0.39, 0.29) is 11.6 Å². The molecule has 8 heteroatoms. The first-order valence-electron chi connectivity index (χ1n) is 11.9. The third-order valence-electron chi connectivity index (χ3n) is 7.18. The van der Waals surface area contributed by atoms with Crippen LogP contribution in [0.4, 0.5) is 18.9 Å². The number of rotatable bonds is 3. The zero-order valence-corrected chi connectivity index (χ0v) is 19.9. The van der Waals surface area contributed by atoms with Crippen LogP contribution in [0.5, 0.6) is 0 Å². The molecule has 34 heavy (non-hydrogen) atoms. The number of hydrogen-bond donors (Lipinski definition) is 0. The number of halogens is 3. The molecule has 2 aliphatic rings. The standard InChI is InChI=1S/C26H29F3N4O/c1-15(2)16-8-10-18(11-9-16)33-14-17-12-22-19(13-21(17)32-33)25(3,4)34-24(31-22)20-6-5-7-23(30-20)26(27,28)29/h5-7,12-16,18H,8-11H2,1-4H3/t16-,18-. The molecule has 180 valence electrons. The molecule has 3 heterocycles. The number of alkyl halides is 3. The van der Waals surface area contributed by atoms with Crippen LogP contribution in [0.3, 0.4) is 0 Å². The highest BCUT2D eigenvalue weighted by Gasteiger charge is 2.36. The number of pyridine rings is 1. The number of aliphatic imine (C=N–C) groups is 1. The molecule has 1 fully saturated rings. The maximum Gasteiger partial charge on any atom is 0.433 e. The predicted octanol–water partition coefficient (Wildman–Crippen LogP) is 7.18. The van der Waals surface area contributed by atoms with Crippen molar-refractivity contribution in [3.8, 4) is 0 Å². The van der Waals surface area contributed by atoms with Crippen molar-refractivity contribution in [2.75, 3.05) is 0 Å². The van der Waals surface area contributed by atoms with Gasteiger partial charge in [0.15, 0.2) is 0 Å². The summed E-state index contributed by atoms with van der Waals surface area (Å²) >= 11 is 0. The highest BCUT2D eigenvalue weighted by atomic mass is 19.4. The maximum absolute atomic E-state index is 13.2. The van der Waals surface area contributed by atoms with Gasteiger partial charge in [0, 0.05) is 17.1 Å². The zero-order chi connectivity index (χ0) is 24.3. The fourth-order valence-electron chi connectivity index (χ4n) is 5.12. The zero-order valence-electron chi connectivity index (χ0n) is 19.9. The molecule has 0 radical (unpaired) electrons. The van der Waals surface area contributed by atoms with Crippen LogP contribution in [0.1, 0.15) is 76.4 Å². The summed E-state index contributed by atoms with van der Waals surface area (Å²) in [5.74, 6) is 1.58. The lowest BCUT2D eigenvalue weighted by Crippen LogP contribution is -2.30. The minimum absolute atomic E-state index is 0.0613. The number of hydrogen-bond acceptors (Lipinski definition) is 4. The van der Waals surface area contributed by atoms with Crippen LogP contribution in [0.15, 0.2) is 41.5 Å². The Morgan fingerprint density at radius 3 is 2.50 bits per heavy atom. The van der Waals surface area contributed by atoms with E-state index in [0.29, 0.717) is 17.6 Å². The molecule has 1 aliphatic carbocycles. The lowest BCUT2D eigenvalue weighted by atomic mass is 9.80. The average molecular weight is 471 g/mol. The average Bonchev–Trinajstić information content (AvgIpc) is 3.20. The summed E-state index contributed by atoms with van der Waals surface area (Å²) in [4.78, 5) is 8.32. The predicted molar refractivity (Wildman–Crippen MR) is 125 cm³/mol. The molecule has 3 aromatic rings. The van der Waals surface area contributed by atoms with Gasteiger partial charge >= 0.3 is 6.18 Å². The van der Waals surface area contributed by atoms with Crippen LogP contribution in [-0.2, 0) is 16.5 Å². The highest BCUT2D eigenvalue weighted by Crippen LogP contribution is 2.42. The van der Waals surface area contributed by atoms with E-state index in [0.717, 1.165) is 41.3 Å². The Hall–Kier alpha value is -2.90. The topological polar surface area (TPSA) is 52.3 Å². The van der Waals surface area contributed by atoms with Gasteiger partial charge in [-0.05, 0) is 75.6 Å². The van der Waals surface area contributed by atoms with Crippen molar-refractivity contribution in [3.05, 3.63) is 53.5 Å². The quantitative estimate of drug-likeness (QED) is 0.407. The molecule has 0 atom stereocenters. The second kappa shape index (κ2) is 8.10. The molecule has 0 bridgehead atoms. The minimum atomic E-state index is -4.53. The molecular weight excluding hydrogens is 441 g/mol. The Bertz CT molecular complexity index is 1250. The highest BCUT2D eigenvalue weighted by molar-refractivity contribution is 5.97. The van der Waals surface area contributed by atoms with Crippen molar-refractivity contribution < 1.29 is 17.9 Å². The molecule has 0 N–H and O–H groups in total. The molecule has 5 nitrogen and oxygen atoms in total. The number of ether oxygens (including phenoxy) is 1. The molecule has 0 amide bonds. The smallest absolute Gasteiger partial charge is 0.433 e. The van der Waals surface area contributed by atoms with Crippen LogP contribution in [0.25, 0.3) is 10.9 Å². The van der Waals surface area contributed by atoms with Gasteiger partial charge in [-0.15, -0.1) is 0 Å². The van der Waals surface area contributed by atoms with Gasteiger partial charge < -0.3 is 4.74 Å². The molecule has 0 spiro atoms. The van der Waals surface area contributed by atoms with Crippen LogP contribution in [0, 0.1) is 11.8 Å². The van der Waals surface area contributed by atoms with E-state index in [1.54, 1.807) is 0 Å². The van der Waals surface area contributed by atoms with Gasteiger partial charge in [-0.25, -0.2) is 9.98 Å². The van der Waals surface area contributed by atoms with Crippen molar-refractivity contribution in [2.45, 2.75) is 71.2 Å². The van der Waals surface area contributed by atoms with Gasteiger partial charge in [-0.2, -0.15) is 18.3 Å². The monoisotopic (exact) mass is 470 g/mol. The molecule has 0 saturated heterocycles. The molecule has 1 aliphatic heterocycles. The summed E-state index contributed by atoms with van der Waals surface area (Å²) in [7, 11) is 0. The van der Waals surface area contributed by atoms with E-state index in [2.05, 4.69) is 34.7 Å². The Morgan fingerprint density at radius 2 is 1.82 bits per heavy atom. The van der Waals surface area contributed by atoms with Gasteiger partial charge in [0.05, 0.1) is 17.2 Å². The van der Waals surface area contributed by atoms with Crippen LogP contribution < -0.4 is 0 Å². The Balaban J connectivity index is 1.50. The molecule has 2 aromatic heterocycles. The van der Waals surface area contributed by atoms with Gasteiger partial charge in [0.2, 0.25) is 5.90 Å². The van der Waals surface area contributed by atoms with Gasteiger partial charge in [0.1, 0.15) is 17.0 Å². The van der Waals surface area contributed by atoms with E-state index in [4.69, 9.17) is 9.84 Å². The van der Waals surface area contributed by atoms with Crippen molar-refractivity contribution >= 4 is 22.5 Å². The second-order valence-corrected chi connectivity index (χ2v) is 10.3. The first-order valence-corrected chi connectivity index (χ1v) is 11.9. The number of aromatic nitrogens is 3. The summed E-state index contributed by atoms with van der Waals surface area (Å²) in [6, 6.07) is 8.07. The lowest BCUT2D eigenvalue weighted by molar-refractivity contribution is -0.141. The van der Waals surface area contributed by atoms with Crippen LogP contribution >= 0.6 is 0 Å². The number of benzene rings is 1. The molecule has 5 rings (SSSR count). The third kappa shape index (κ3) is 4.18. The molecule has 1 aromatic carbocycles. The summed E-state index contributed by atoms with van der Waals surface area (Å²) < 4.78 is 47.6. The van der Waals surface area contributed by atoms with Crippen molar-refractivity contribution in [1.82, 2.24) is 14.8 Å². The van der Waals surface area contributed by atoms with Gasteiger partial charge in [-0.3, -0.25) is 4.68 Å². The largest absolute Gasteiger partial charge is 0.465 e. The lowest BCUT2D eigenvalue weighted by Gasteiger charge is -2.32. The Morgan fingerprint density at radius 1 is 1.09 bits per heavy atom. The van der Waals surface area contributed by atoms with E-state index in [9.17, 15) is 13.2 Å². The Labute approximate surface area is 197 Å². The second-order valence-electron chi connectivity index (χ2n) is 10.3. The summed E-state index contributed by atoms with van der Waals surface area (Å²) in [5, 5.41) is 5.83. The SMILES string of the molecule is CC(C)[C@H]1CC[C@H](n2cc3cc4c(cc3n2)C(C)(C)OC(c2cccc(C(F)(F)F)n2)=N4)CC1. The van der Waals surface area contributed by atoms with E-state index >= 15 is 0 Å². The third-order valence-corrected chi connectivity index (χ3v) is 7.18. The van der Waals surface area contributed by atoms with Crippen molar-refractivity contribution in [2.24, 2.45) is 16.8 Å². The minimum Gasteiger partial charge on any atom is -0.465 e. The summed E-state index contributed by atoms with van der Waals surface area (Å²) in [6.07, 6.45) is 2.20. The molecular formula is C26H29F3N4O. The van der Waals surface area contributed by atoms with Crippen LogP contribution in [-0.4, -0.2) is 20.7 Å². The number of fused-ring (bicyclic) bond motifs is 2. The Kier molecular flexibility index (Phi) is 5.45. The van der Waals surface area contributed by atoms with Gasteiger partial charge in [0.25, 0.3) is 0 Å². The van der Waals surface area contributed by atoms with E-state index < -0.39 is 17.5 Å². The fraction of sp³-hybridized carbons (Fsp3) is 0.500.